The summed E-state index contributed by atoms with van der Waals surface area (Å²) in [5.41, 5.74) is 6.29. The summed E-state index contributed by atoms with van der Waals surface area (Å²) >= 11 is 0. The summed E-state index contributed by atoms with van der Waals surface area (Å²) in [6.07, 6.45) is 3.99. The molecular formula is C40H34F2N6O6. The molecule has 4 N–H and O–H groups in total. The quantitative estimate of drug-likeness (QED) is 0.107. The number of hydrogen-bond donors (Lipinski definition) is 4. The minimum atomic E-state index is -1.45. The van der Waals surface area contributed by atoms with Crippen LogP contribution < -0.4 is 20.7 Å². The van der Waals surface area contributed by atoms with Crippen molar-refractivity contribution in [1.29, 1.82) is 0 Å². The number of nitrogens with zero attached hydrogens (tertiary/aromatic N) is 3. The first kappa shape index (κ1) is 35.6. The Hall–Kier alpha value is -6.83. The van der Waals surface area contributed by atoms with Gasteiger partial charge in [0.15, 0.2) is 23.0 Å². The van der Waals surface area contributed by atoms with Crippen LogP contribution in [0.15, 0.2) is 97.5 Å². The van der Waals surface area contributed by atoms with Crippen LogP contribution in [0.25, 0.3) is 28.0 Å². The van der Waals surface area contributed by atoms with E-state index in [1.54, 1.807) is 28.8 Å². The van der Waals surface area contributed by atoms with Crippen LogP contribution in [-0.4, -0.2) is 63.7 Å². The number of halogens is 2. The van der Waals surface area contributed by atoms with Gasteiger partial charge in [-0.25, -0.2) is 23.9 Å². The van der Waals surface area contributed by atoms with E-state index in [1.807, 2.05) is 55.5 Å². The standard InChI is InChI=1S/C40H34F2N6O6/c1-3-22-18-23(46-36-37-44-20-32(48(37)17-16-43-36)29-14-15-33(53-2)35(42)34(29)41)12-13-24(22)38(49)45-19-31(39(50)51)47-40(52)54-21-30-27-10-6-4-8-25(27)26-9-5-7-11-28(26)30/h4-18,20,30-31H,3,19,21H2,1-2H3,(H,43,46)(H,45,49)(H,47,52)(H,50,51)/t31-/m0/s1. The van der Waals surface area contributed by atoms with Crippen LogP contribution >= 0.6 is 0 Å². The lowest BCUT2D eigenvalue weighted by Crippen LogP contribution is -2.48. The largest absolute Gasteiger partial charge is 0.494 e. The van der Waals surface area contributed by atoms with Gasteiger partial charge in [0.2, 0.25) is 5.82 Å². The molecule has 54 heavy (non-hydrogen) atoms. The molecule has 2 aromatic heterocycles. The minimum Gasteiger partial charge on any atom is -0.494 e. The lowest BCUT2D eigenvalue weighted by molar-refractivity contribution is -0.139. The van der Waals surface area contributed by atoms with Crippen LogP contribution in [0, 0.1) is 11.6 Å². The molecule has 0 unspecified atom stereocenters. The van der Waals surface area contributed by atoms with Crippen LogP contribution in [-0.2, 0) is 16.0 Å². The molecule has 12 nitrogen and oxygen atoms in total. The number of carboxylic acids is 1. The highest BCUT2D eigenvalue weighted by molar-refractivity contribution is 5.97. The molecule has 0 saturated carbocycles. The van der Waals surface area contributed by atoms with Crippen LogP contribution in [0.2, 0.25) is 0 Å². The number of aromatic nitrogens is 3. The molecule has 2 heterocycles. The number of carboxylic acid groups (broad SMARTS) is 1. The van der Waals surface area contributed by atoms with Gasteiger partial charge in [0.05, 0.1) is 19.0 Å². The number of aryl methyl sites for hydroxylation is 1. The van der Waals surface area contributed by atoms with Crippen molar-refractivity contribution < 1.29 is 37.7 Å². The predicted molar refractivity (Wildman–Crippen MR) is 196 cm³/mol. The maximum absolute atomic E-state index is 14.9. The highest BCUT2D eigenvalue weighted by Crippen LogP contribution is 2.44. The van der Waals surface area contributed by atoms with Crippen LogP contribution in [0.5, 0.6) is 5.75 Å². The predicted octanol–water partition coefficient (Wildman–Crippen LogP) is 6.71. The number of hydrogen-bond acceptors (Lipinski definition) is 8. The van der Waals surface area contributed by atoms with Crippen molar-refractivity contribution in [2.75, 3.05) is 25.6 Å². The number of amides is 2. The number of imidazole rings is 1. The van der Waals surface area contributed by atoms with Crippen molar-refractivity contribution >= 4 is 35.1 Å². The zero-order valence-electron chi connectivity index (χ0n) is 29.1. The third-order valence-electron chi connectivity index (χ3n) is 9.36. The fourth-order valence-electron chi connectivity index (χ4n) is 6.69. The molecule has 14 heteroatoms. The number of carbonyl (C=O) groups is 3. The SMILES string of the molecule is CCc1cc(Nc2nccn3c(-c4ccc(OC)c(F)c4F)cnc23)ccc1C(=O)NC[C@H](NC(=O)OCC1c2ccccc2-c2ccccc21)C(=O)O. The maximum Gasteiger partial charge on any atom is 0.407 e. The highest BCUT2D eigenvalue weighted by Gasteiger charge is 2.30. The molecule has 1 aliphatic rings. The van der Waals surface area contributed by atoms with Crippen LogP contribution in [0.1, 0.15) is 39.9 Å². The van der Waals surface area contributed by atoms with E-state index < -0.39 is 42.2 Å². The van der Waals surface area contributed by atoms with E-state index in [-0.39, 0.29) is 23.8 Å². The molecule has 274 valence electrons. The molecule has 0 fully saturated rings. The second-order valence-electron chi connectivity index (χ2n) is 12.5. The van der Waals surface area contributed by atoms with Gasteiger partial charge in [0, 0.05) is 41.7 Å². The normalized spacial score (nSPS) is 12.4. The molecule has 0 spiro atoms. The van der Waals surface area contributed by atoms with Crippen molar-refractivity contribution in [1.82, 2.24) is 25.0 Å². The van der Waals surface area contributed by atoms with Gasteiger partial charge in [-0.15, -0.1) is 0 Å². The van der Waals surface area contributed by atoms with Crippen molar-refractivity contribution in [3.8, 4) is 28.1 Å². The number of aliphatic carboxylic acids is 1. The summed E-state index contributed by atoms with van der Waals surface area (Å²) in [6, 6.07) is 22.0. The first-order valence-corrected chi connectivity index (χ1v) is 17.0. The zero-order chi connectivity index (χ0) is 37.9. The average molecular weight is 733 g/mol. The van der Waals surface area contributed by atoms with Gasteiger partial charge in [-0.3, -0.25) is 9.20 Å². The van der Waals surface area contributed by atoms with Crippen LogP contribution in [0.3, 0.4) is 0 Å². The third kappa shape index (κ3) is 6.76. The topological polar surface area (TPSA) is 156 Å². The molecule has 2 amide bonds. The first-order chi connectivity index (χ1) is 26.2. The summed E-state index contributed by atoms with van der Waals surface area (Å²) in [4.78, 5) is 46.9. The summed E-state index contributed by atoms with van der Waals surface area (Å²) in [7, 11) is 1.25. The number of ether oxygens (including phenoxy) is 2. The molecule has 0 aliphatic heterocycles. The van der Waals surface area contributed by atoms with E-state index in [1.165, 1.54) is 31.6 Å². The van der Waals surface area contributed by atoms with Crippen molar-refractivity contribution in [3.63, 3.8) is 0 Å². The van der Waals surface area contributed by atoms with Crippen molar-refractivity contribution in [2.24, 2.45) is 0 Å². The molecule has 4 aromatic carbocycles. The lowest BCUT2D eigenvalue weighted by atomic mass is 9.98. The number of methoxy groups -OCH3 is 1. The molecule has 0 bridgehead atoms. The van der Waals surface area contributed by atoms with Gasteiger partial charge in [0.1, 0.15) is 12.6 Å². The highest BCUT2D eigenvalue weighted by atomic mass is 19.2. The van der Waals surface area contributed by atoms with Gasteiger partial charge in [-0.2, -0.15) is 4.39 Å². The summed E-state index contributed by atoms with van der Waals surface area (Å²) in [5.74, 6) is -4.17. The Morgan fingerprint density at radius 1 is 0.926 bits per heavy atom. The van der Waals surface area contributed by atoms with Crippen molar-refractivity contribution in [3.05, 3.63) is 131 Å². The first-order valence-electron chi connectivity index (χ1n) is 17.0. The van der Waals surface area contributed by atoms with E-state index in [0.717, 1.165) is 22.3 Å². The molecular weight excluding hydrogens is 698 g/mol. The van der Waals surface area contributed by atoms with Crippen LogP contribution in [0.4, 0.5) is 25.1 Å². The molecule has 0 saturated heterocycles. The minimum absolute atomic E-state index is 0.00572. The number of alkyl carbamates (subject to hydrolysis) is 1. The molecule has 7 rings (SSSR count). The Balaban J connectivity index is 0.997. The molecule has 6 aromatic rings. The average Bonchev–Trinajstić information content (AvgIpc) is 3.76. The van der Waals surface area contributed by atoms with Gasteiger partial charge in [-0.1, -0.05) is 55.5 Å². The Morgan fingerprint density at radius 3 is 2.33 bits per heavy atom. The van der Waals surface area contributed by atoms with E-state index in [9.17, 15) is 28.3 Å². The summed E-state index contributed by atoms with van der Waals surface area (Å²) in [6.45, 7) is 1.47. The number of rotatable bonds is 12. The fourth-order valence-corrected chi connectivity index (χ4v) is 6.69. The summed E-state index contributed by atoms with van der Waals surface area (Å²) < 4.78 is 41.3. The van der Waals surface area contributed by atoms with Gasteiger partial charge >= 0.3 is 12.1 Å². The van der Waals surface area contributed by atoms with Gasteiger partial charge in [-0.05, 0) is 64.6 Å². The second kappa shape index (κ2) is 15.0. The number of carbonyl (C=O) groups excluding carboxylic acids is 2. The lowest BCUT2D eigenvalue weighted by Gasteiger charge is -2.18. The second-order valence-corrected chi connectivity index (χ2v) is 12.5. The monoisotopic (exact) mass is 732 g/mol. The molecule has 1 aliphatic carbocycles. The maximum atomic E-state index is 14.9. The van der Waals surface area contributed by atoms with E-state index in [2.05, 4.69) is 25.9 Å². The molecule has 0 radical (unpaired) electrons. The Bertz CT molecular complexity index is 2370. The summed E-state index contributed by atoms with van der Waals surface area (Å²) in [5, 5.41) is 18.0. The third-order valence-corrected chi connectivity index (χ3v) is 9.36. The number of anilines is 2. The van der Waals surface area contributed by atoms with Crippen molar-refractivity contribution in [2.45, 2.75) is 25.3 Å². The Morgan fingerprint density at radius 2 is 1.65 bits per heavy atom. The smallest absolute Gasteiger partial charge is 0.407 e. The Labute approximate surface area is 307 Å². The zero-order valence-corrected chi connectivity index (χ0v) is 29.1. The number of benzene rings is 4. The number of nitrogens with one attached hydrogen (secondary N) is 3. The number of fused-ring (bicyclic) bond motifs is 4. The van der Waals surface area contributed by atoms with Gasteiger partial charge in [0.25, 0.3) is 5.91 Å². The molecule has 1 atom stereocenters. The van der Waals surface area contributed by atoms with Gasteiger partial charge < -0.3 is 30.5 Å². The van der Waals surface area contributed by atoms with E-state index in [4.69, 9.17) is 9.47 Å². The van der Waals surface area contributed by atoms with E-state index in [0.29, 0.717) is 40.4 Å². The van der Waals surface area contributed by atoms with E-state index >= 15 is 0 Å². The fraction of sp³-hybridized carbons (Fsp3) is 0.175. The Kier molecular flexibility index (Phi) is 9.90.